The van der Waals surface area contributed by atoms with E-state index in [0.29, 0.717) is 12.8 Å². The summed E-state index contributed by atoms with van der Waals surface area (Å²) in [6.45, 7) is 5.13. The van der Waals surface area contributed by atoms with Crippen molar-refractivity contribution in [2.75, 3.05) is 26.8 Å². The molecular formula is C20H38O5. The molecule has 5 nitrogen and oxygen atoms in total. The maximum Gasteiger partial charge on any atom is 0.149 e. The van der Waals surface area contributed by atoms with Crippen LogP contribution in [0.15, 0.2) is 24.3 Å². The fraction of sp³-hybridized carbons (Fsp3) is 0.800. The van der Waals surface area contributed by atoms with Crippen LogP contribution in [0.2, 0.25) is 0 Å². The molecule has 0 fully saturated rings. The Hall–Kier alpha value is -0.720. The molecule has 25 heavy (non-hydrogen) atoms. The molecule has 0 aliphatic rings. The first-order valence-corrected chi connectivity index (χ1v) is 9.61. The molecule has 0 saturated heterocycles. The van der Waals surface area contributed by atoms with Gasteiger partial charge in [0, 0.05) is 13.2 Å². The Morgan fingerprint density at radius 1 is 0.680 bits per heavy atom. The highest BCUT2D eigenvalue weighted by atomic mass is 16.7. The summed E-state index contributed by atoms with van der Waals surface area (Å²) in [4.78, 5) is 0. The summed E-state index contributed by atoms with van der Waals surface area (Å²) >= 11 is 0. The summed E-state index contributed by atoms with van der Waals surface area (Å²) in [6.07, 6.45) is 15.7. The molecule has 0 saturated carbocycles. The number of aliphatic hydroxyl groups excluding tert-OH is 2. The zero-order valence-electron chi connectivity index (χ0n) is 16.1. The summed E-state index contributed by atoms with van der Waals surface area (Å²) in [6, 6.07) is 0. The highest BCUT2D eigenvalue weighted by molar-refractivity contribution is 4.82. The second kappa shape index (κ2) is 19.6. The molecule has 148 valence electrons. The van der Waals surface area contributed by atoms with Crippen molar-refractivity contribution in [1.29, 1.82) is 0 Å². The molecule has 2 N–H and O–H groups in total. The van der Waals surface area contributed by atoms with Crippen molar-refractivity contribution in [3.63, 3.8) is 0 Å². The van der Waals surface area contributed by atoms with Crippen molar-refractivity contribution in [2.24, 2.45) is 0 Å². The van der Waals surface area contributed by atoms with Crippen LogP contribution >= 0.6 is 0 Å². The van der Waals surface area contributed by atoms with Crippen LogP contribution in [-0.4, -0.2) is 49.2 Å². The molecule has 0 aliphatic carbocycles. The van der Waals surface area contributed by atoms with Crippen molar-refractivity contribution in [2.45, 2.75) is 77.4 Å². The van der Waals surface area contributed by atoms with Crippen LogP contribution in [0.3, 0.4) is 0 Å². The van der Waals surface area contributed by atoms with Crippen molar-refractivity contribution >= 4 is 0 Å². The first-order chi connectivity index (χ1) is 12.3. The van der Waals surface area contributed by atoms with Gasteiger partial charge in [-0.2, -0.15) is 0 Å². The number of allylic oxidation sites excluding steroid dienone is 2. The second-order valence-electron chi connectivity index (χ2n) is 5.96. The van der Waals surface area contributed by atoms with Crippen molar-refractivity contribution in [3.8, 4) is 0 Å². The molecule has 0 rings (SSSR count). The molecule has 5 heteroatoms. The van der Waals surface area contributed by atoms with Gasteiger partial charge in [0.2, 0.25) is 0 Å². The third kappa shape index (κ3) is 16.5. The third-order valence-electron chi connectivity index (χ3n) is 3.92. The molecule has 0 bridgehead atoms. The van der Waals surface area contributed by atoms with E-state index in [1.165, 1.54) is 0 Å². The summed E-state index contributed by atoms with van der Waals surface area (Å²) in [7, 11) is 0. The highest BCUT2D eigenvalue weighted by Crippen LogP contribution is 2.10. The largest absolute Gasteiger partial charge is 0.396 e. The number of hydrogen-bond donors (Lipinski definition) is 2. The van der Waals surface area contributed by atoms with E-state index in [2.05, 4.69) is 26.0 Å². The Morgan fingerprint density at radius 3 is 1.44 bits per heavy atom. The Bertz CT molecular complexity index is 287. The van der Waals surface area contributed by atoms with Gasteiger partial charge in [-0.05, 0) is 51.4 Å². The first-order valence-electron chi connectivity index (χ1n) is 9.61. The molecule has 0 aromatic heterocycles. The Kier molecular flexibility index (Phi) is 19.0. The van der Waals surface area contributed by atoms with E-state index >= 15 is 0 Å². The molecule has 0 radical (unpaired) electrons. The molecule has 0 spiro atoms. The zero-order valence-corrected chi connectivity index (χ0v) is 16.1. The van der Waals surface area contributed by atoms with E-state index in [4.69, 9.17) is 24.4 Å². The second-order valence-corrected chi connectivity index (χ2v) is 5.96. The first kappa shape index (κ1) is 24.3. The fourth-order valence-corrected chi connectivity index (χ4v) is 2.32. The maximum atomic E-state index is 8.71. The average Bonchev–Trinajstić information content (AvgIpc) is 2.64. The van der Waals surface area contributed by atoms with Gasteiger partial charge in [0.25, 0.3) is 0 Å². The molecule has 0 amide bonds. The molecule has 0 aliphatic heterocycles. The molecule has 2 unspecified atom stereocenters. The minimum Gasteiger partial charge on any atom is -0.396 e. The van der Waals surface area contributed by atoms with Gasteiger partial charge in [-0.3, -0.25) is 0 Å². The van der Waals surface area contributed by atoms with Gasteiger partial charge >= 0.3 is 0 Å². The number of rotatable bonds is 18. The predicted octanol–water partition coefficient (Wildman–Crippen LogP) is 3.95. The van der Waals surface area contributed by atoms with Crippen LogP contribution in [0.25, 0.3) is 0 Å². The van der Waals surface area contributed by atoms with Crippen molar-refractivity contribution in [1.82, 2.24) is 0 Å². The fourth-order valence-electron chi connectivity index (χ4n) is 2.32. The number of aliphatic hydroxyl groups is 2. The molecule has 0 aromatic carbocycles. The lowest BCUT2D eigenvalue weighted by molar-refractivity contribution is -0.166. The van der Waals surface area contributed by atoms with Crippen LogP contribution in [0.5, 0.6) is 0 Å². The normalized spacial score (nSPS) is 14.6. The lowest BCUT2D eigenvalue weighted by Gasteiger charge is -2.18. The Balaban J connectivity index is 3.68. The molecule has 0 aromatic rings. The standard InChI is InChI=1S/C20H38O5/c1-3-19(13-9-5-7-11-15-21)24-17-23-18-25-20(4-2)14-10-6-8-12-16-22/h5-8,19-22H,3-4,9-18H2,1-2H3/b7-5-,8-6-. The van der Waals surface area contributed by atoms with Gasteiger partial charge in [0.1, 0.15) is 13.6 Å². The number of ether oxygens (including phenoxy) is 3. The molecular weight excluding hydrogens is 320 g/mol. The lowest BCUT2D eigenvalue weighted by atomic mass is 10.1. The van der Waals surface area contributed by atoms with Gasteiger partial charge in [-0.25, -0.2) is 0 Å². The zero-order chi connectivity index (χ0) is 18.6. The third-order valence-corrected chi connectivity index (χ3v) is 3.92. The minimum absolute atomic E-state index is 0.192. The van der Waals surface area contributed by atoms with Crippen LogP contribution < -0.4 is 0 Å². The van der Waals surface area contributed by atoms with E-state index in [9.17, 15) is 0 Å². The van der Waals surface area contributed by atoms with Gasteiger partial charge in [0.15, 0.2) is 0 Å². The maximum absolute atomic E-state index is 8.71. The highest BCUT2D eigenvalue weighted by Gasteiger charge is 2.07. The van der Waals surface area contributed by atoms with E-state index in [1.807, 2.05) is 12.2 Å². The van der Waals surface area contributed by atoms with Gasteiger partial charge in [-0.15, -0.1) is 0 Å². The van der Waals surface area contributed by atoms with Crippen LogP contribution in [0.1, 0.15) is 65.2 Å². The molecule has 0 heterocycles. The topological polar surface area (TPSA) is 68.2 Å². The van der Waals surface area contributed by atoms with Crippen LogP contribution in [0, 0.1) is 0 Å². The van der Waals surface area contributed by atoms with E-state index in [0.717, 1.165) is 38.5 Å². The Morgan fingerprint density at radius 2 is 1.08 bits per heavy atom. The lowest BCUT2D eigenvalue weighted by Crippen LogP contribution is -2.18. The summed E-state index contributed by atoms with van der Waals surface area (Å²) in [5.74, 6) is 0. The van der Waals surface area contributed by atoms with Crippen LogP contribution in [-0.2, 0) is 14.2 Å². The average molecular weight is 359 g/mol. The monoisotopic (exact) mass is 358 g/mol. The summed E-state index contributed by atoms with van der Waals surface area (Å²) in [5, 5.41) is 17.4. The predicted molar refractivity (Wildman–Crippen MR) is 101 cm³/mol. The summed E-state index contributed by atoms with van der Waals surface area (Å²) < 4.78 is 16.9. The minimum atomic E-state index is 0.192. The van der Waals surface area contributed by atoms with E-state index in [1.54, 1.807) is 0 Å². The van der Waals surface area contributed by atoms with Gasteiger partial charge < -0.3 is 24.4 Å². The van der Waals surface area contributed by atoms with Gasteiger partial charge in [-0.1, -0.05) is 38.2 Å². The summed E-state index contributed by atoms with van der Waals surface area (Å²) in [5.41, 5.74) is 0. The smallest absolute Gasteiger partial charge is 0.149 e. The molecule has 2 atom stereocenters. The SMILES string of the molecule is CCC(CC/C=C\CCO)OCOCOC(CC)CC/C=C\CCO. The quantitative estimate of drug-likeness (QED) is 0.221. The van der Waals surface area contributed by atoms with Crippen molar-refractivity contribution in [3.05, 3.63) is 24.3 Å². The van der Waals surface area contributed by atoms with Crippen molar-refractivity contribution < 1.29 is 24.4 Å². The van der Waals surface area contributed by atoms with Crippen LogP contribution in [0.4, 0.5) is 0 Å². The van der Waals surface area contributed by atoms with Gasteiger partial charge in [0.05, 0.1) is 12.2 Å². The van der Waals surface area contributed by atoms with E-state index < -0.39 is 0 Å². The Labute approximate surface area is 153 Å². The van der Waals surface area contributed by atoms with E-state index in [-0.39, 0.29) is 39.0 Å². The number of hydrogen-bond acceptors (Lipinski definition) is 5.